The lowest BCUT2D eigenvalue weighted by Crippen LogP contribution is -2.38. The number of amides is 1. The van der Waals surface area contributed by atoms with Crippen LogP contribution in [0.2, 0.25) is 0 Å². The first-order valence-electron chi connectivity index (χ1n) is 10.9. The standard InChI is InChI=1S/C25H34N2O3/c1-18(2)22-12-7-19(3)15-24(22)30-17-25(28)26-16-23(27-13-5-6-14-27)20-8-10-21(29-4)11-9-20/h7-12,15,18,23H,5-6,13-14,16-17H2,1-4H3,(H,26,28). The Morgan fingerprint density at radius 1 is 1.10 bits per heavy atom. The maximum absolute atomic E-state index is 12.6. The van der Waals surface area contributed by atoms with Crippen molar-refractivity contribution in [3.63, 3.8) is 0 Å². The van der Waals surface area contributed by atoms with Gasteiger partial charge in [0.15, 0.2) is 6.61 Å². The summed E-state index contributed by atoms with van der Waals surface area (Å²) < 4.78 is 11.2. The number of ether oxygens (including phenoxy) is 2. The van der Waals surface area contributed by atoms with Gasteiger partial charge in [-0.1, -0.05) is 38.1 Å². The molecule has 1 saturated heterocycles. The van der Waals surface area contributed by atoms with Gasteiger partial charge < -0.3 is 14.8 Å². The van der Waals surface area contributed by atoms with Crippen LogP contribution in [0.3, 0.4) is 0 Å². The minimum Gasteiger partial charge on any atom is -0.497 e. The van der Waals surface area contributed by atoms with E-state index in [1.54, 1.807) is 7.11 Å². The van der Waals surface area contributed by atoms with E-state index in [4.69, 9.17) is 9.47 Å². The number of methoxy groups -OCH3 is 1. The van der Waals surface area contributed by atoms with Gasteiger partial charge in [0.05, 0.1) is 13.2 Å². The fourth-order valence-electron chi connectivity index (χ4n) is 3.99. The summed E-state index contributed by atoms with van der Waals surface area (Å²) in [6, 6.07) is 14.5. The fourth-order valence-corrected chi connectivity index (χ4v) is 3.99. The number of nitrogens with one attached hydrogen (secondary N) is 1. The number of rotatable bonds is 9. The highest BCUT2D eigenvalue weighted by atomic mass is 16.5. The van der Waals surface area contributed by atoms with Crippen LogP contribution < -0.4 is 14.8 Å². The molecule has 0 aromatic heterocycles. The highest BCUT2D eigenvalue weighted by molar-refractivity contribution is 5.77. The Balaban J connectivity index is 1.61. The minimum absolute atomic E-state index is 0.0263. The van der Waals surface area contributed by atoms with E-state index in [-0.39, 0.29) is 18.6 Å². The van der Waals surface area contributed by atoms with Crippen LogP contribution >= 0.6 is 0 Å². The van der Waals surface area contributed by atoms with Gasteiger partial charge >= 0.3 is 0 Å². The van der Waals surface area contributed by atoms with Crippen LogP contribution in [0.1, 0.15) is 55.3 Å². The number of benzene rings is 2. The molecular weight excluding hydrogens is 376 g/mol. The first-order valence-corrected chi connectivity index (χ1v) is 10.9. The van der Waals surface area contributed by atoms with Crippen molar-refractivity contribution < 1.29 is 14.3 Å². The van der Waals surface area contributed by atoms with Crippen molar-refractivity contribution in [2.75, 3.05) is 33.4 Å². The molecule has 1 heterocycles. The molecule has 2 aromatic carbocycles. The van der Waals surface area contributed by atoms with Gasteiger partial charge in [-0.05, 0) is 73.7 Å². The molecule has 0 saturated carbocycles. The van der Waals surface area contributed by atoms with Gasteiger partial charge in [0.1, 0.15) is 11.5 Å². The second-order valence-electron chi connectivity index (χ2n) is 8.32. The third-order valence-corrected chi connectivity index (χ3v) is 5.72. The summed E-state index contributed by atoms with van der Waals surface area (Å²) >= 11 is 0. The monoisotopic (exact) mass is 410 g/mol. The fraction of sp³-hybridized carbons (Fsp3) is 0.480. The molecule has 2 aromatic rings. The molecule has 0 spiro atoms. The normalized spacial score (nSPS) is 15.2. The SMILES string of the molecule is COc1ccc(C(CNC(=O)COc2cc(C)ccc2C(C)C)N2CCCC2)cc1. The first kappa shape index (κ1) is 22.2. The molecule has 1 unspecified atom stereocenters. The largest absolute Gasteiger partial charge is 0.497 e. The van der Waals surface area contributed by atoms with Crippen molar-refractivity contribution in [3.05, 3.63) is 59.2 Å². The summed E-state index contributed by atoms with van der Waals surface area (Å²) in [7, 11) is 1.67. The van der Waals surface area contributed by atoms with Crippen LogP contribution in [0.15, 0.2) is 42.5 Å². The number of nitrogens with zero attached hydrogens (tertiary/aromatic N) is 1. The van der Waals surface area contributed by atoms with Crippen LogP contribution in [0.4, 0.5) is 0 Å². The second-order valence-corrected chi connectivity index (χ2v) is 8.32. The topological polar surface area (TPSA) is 50.8 Å². The van der Waals surface area contributed by atoms with Gasteiger partial charge in [-0.3, -0.25) is 9.69 Å². The number of carbonyl (C=O) groups excluding carboxylic acids is 1. The molecule has 5 nitrogen and oxygen atoms in total. The predicted octanol–water partition coefficient (Wildman–Crippen LogP) is 4.46. The smallest absolute Gasteiger partial charge is 0.258 e. The Labute approximate surface area is 180 Å². The van der Waals surface area contributed by atoms with E-state index in [9.17, 15) is 4.79 Å². The third kappa shape index (κ3) is 5.76. The van der Waals surface area contributed by atoms with Gasteiger partial charge in [-0.15, -0.1) is 0 Å². The van der Waals surface area contributed by atoms with Crippen molar-refractivity contribution in [2.24, 2.45) is 0 Å². The van der Waals surface area contributed by atoms with Crippen LogP contribution in [0, 0.1) is 6.92 Å². The number of carbonyl (C=O) groups is 1. The number of likely N-dealkylation sites (tertiary alicyclic amines) is 1. The highest BCUT2D eigenvalue weighted by Gasteiger charge is 2.24. The van der Waals surface area contributed by atoms with Crippen molar-refractivity contribution >= 4 is 5.91 Å². The quantitative estimate of drug-likeness (QED) is 0.663. The zero-order valence-electron chi connectivity index (χ0n) is 18.6. The maximum Gasteiger partial charge on any atom is 0.258 e. The van der Waals surface area contributed by atoms with E-state index in [1.165, 1.54) is 18.4 Å². The summed E-state index contributed by atoms with van der Waals surface area (Å²) in [4.78, 5) is 15.0. The first-order chi connectivity index (χ1) is 14.5. The van der Waals surface area contributed by atoms with Gasteiger partial charge in [-0.2, -0.15) is 0 Å². The van der Waals surface area contributed by atoms with E-state index in [1.807, 2.05) is 25.1 Å². The molecule has 0 aliphatic carbocycles. The molecule has 3 rings (SSSR count). The van der Waals surface area contributed by atoms with Gasteiger partial charge in [0.25, 0.3) is 5.91 Å². The second kappa shape index (κ2) is 10.5. The molecule has 1 amide bonds. The average molecular weight is 411 g/mol. The summed E-state index contributed by atoms with van der Waals surface area (Å²) in [5.74, 6) is 1.89. The van der Waals surface area contributed by atoms with Crippen LogP contribution in [-0.2, 0) is 4.79 Å². The minimum atomic E-state index is -0.0936. The lowest BCUT2D eigenvalue weighted by Gasteiger charge is -2.28. The molecule has 0 bridgehead atoms. The van der Waals surface area contributed by atoms with Crippen molar-refractivity contribution in [3.8, 4) is 11.5 Å². The molecule has 30 heavy (non-hydrogen) atoms. The molecule has 1 N–H and O–H groups in total. The Morgan fingerprint density at radius 2 is 1.80 bits per heavy atom. The van der Waals surface area contributed by atoms with Gasteiger partial charge in [0.2, 0.25) is 0 Å². The molecular formula is C25H34N2O3. The summed E-state index contributed by atoms with van der Waals surface area (Å²) in [6.07, 6.45) is 2.41. The Hall–Kier alpha value is -2.53. The predicted molar refractivity (Wildman–Crippen MR) is 120 cm³/mol. The van der Waals surface area contributed by atoms with Gasteiger partial charge in [-0.25, -0.2) is 0 Å². The summed E-state index contributed by atoms with van der Waals surface area (Å²) in [5.41, 5.74) is 3.45. The Morgan fingerprint density at radius 3 is 2.43 bits per heavy atom. The lowest BCUT2D eigenvalue weighted by molar-refractivity contribution is -0.123. The van der Waals surface area contributed by atoms with Gasteiger partial charge in [0, 0.05) is 6.54 Å². The average Bonchev–Trinajstić information content (AvgIpc) is 3.27. The van der Waals surface area contributed by atoms with E-state index >= 15 is 0 Å². The lowest BCUT2D eigenvalue weighted by atomic mass is 10.0. The zero-order chi connectivity index (χ0) is 21.5. The van der Waals surface area contributed by atoms with Crippen LogP contribution in [0.25, 0.3) is 0 Å². The summed E-state index contributed by atoms with van der Waals surface area (Å²) in [6.45, 7) is 9.01. The third-order valence-electron chi connectivity index (χ3n) is 5.72. The molecule has 5 heteroatoms. The zero-order valence-corrected chi connectivity index (χ0v) is 18.6. The van der Waals surface area contributed by atoms with Crippen LogP contribution in [0.5, 0.6) is 11.5 Å². The molecule has 162 valence electrons. The van der Waals surface area contributed by atoms with Crippen molar-refractivity contribution in [1.29, 1.82) is 0 Å². The highest BCUT2D eigenvalue weighted by Crippen LogP contribution is 2.28. The number of aryl methyl sites for hydroxylation is 1. The molecule has 1 aliphatic rings. The molecule has 0 radical (unpaired) electrons. The van der Waals surface area contributed by atoms with E-state index in [0.29, 0.717) is 12.5 Å². The molecule has 1 atom stereocenters. The van der Waals surface area contributed by atoms with Crippen LogP contribution in [-0.4, -0.2) is 44.2 Å². The number of hydrogen-bond acceptors (Lipinski definition) is 4. The molecule has 1 aliphatic heterocycles. The maximum atomic E-state index is 12.6. The molecule has 1 fully saturated rings. The van der Waals surface area contributed by atoms with Crippen molar-refractivity contribution in [2.45, 2.75) is 45.6 Å². The van der Waals surface area contributed by atoms with E-state index in [2.05, 4.69) is 48.3 Å². The van der Waals surface area contributed by atoms with E-state index in [0.717, 1.165) is 35.7 Å². The van der Waals surface area contributed by atoms with E-state index < -0.39 is 0 Å². The number of hydrogen-bond donors (Lipinski definition) is 1. The Kier molecular flexibility index (Phi) is 7.75. The Bertz CT molecular complexity index is 827. The van der Waals surface area contributed by atoms with Crippen molar-refractivity contribution in [1.82, 2.24) is 10.2 Å². The summed E-state index contributed by atoms with van der Waals surface area (Å²) in [5, 5.41) is 3.08.